The summed E-state index contributed by atoms with van der Waals surface area (Å²) < 4.78 is 35.5. The van der Waals surface area contributed by atoms with Crippen molar-refractivity contribution in [2.24, 2.45) is 4.99 Å². The van der Waals surface area contributed by atoms with Crippen molar-refractivity contribution in [3.8, 4) is 5.75 Å². The fourth-order valence-electron chi connectivity index (χ4n) is 3.41. The van der Waals surface area contributed by atoms with E-state index in [0.29, 0.717) is 12.2 Å². The smallest absolute Gasteiger partial charge is 0.387 e. The minimum absolute atomic E-state index is 0.185. The van der Waals surface area contributed by atoms with Gasteiger partial charge in [0, 0.05) is 39.3 Å². The molecule has 2 fully saturated rings. The largest absolute Gasteiger partial charge is 0.433 e. The lowest BCUT2D eigenvalue weighted by molar-refractivity contribution is -0.0495. The zero-order chi connectivity index (χ0) is 18.4. The predicted octanol–water partition coefficient (Wildman–Crippen LogP) is 2.21. The number of rotatable bonds is 6. The highest BCUT2D eigenvalue weighted by Gasteiger charge is 2.26. The Morgan fingerprint density at radius 3 is 2.96 bits per heavy atom. The summed E-state index contributed by atoms with van der Waals surface area (Å²) in [6.45, 7) is 0.208. The van der Waals surface area contributed by atoms with Crippen molar-refractivity contribution >= 4 is 11.6 Å². The van der Waals surface area contributed by atoms with E-state index in [4.69, 9.17) is 4.74 Å². The van der Waals surface area contributed by atoms with E-state index in [0.717, 1.165) is 44.9 Å². The molecule has 2 saturated heterocycles. The van der Waals surface area contributed by atoms with Gasteiger partial charge in [-0.05, 0) is 31.4 Å². The first-order valence-corrected chi connectivity index (χ1v) is 9.03. The van der Waals surface area contributed by atoms with E-state index in [1.807, 2.05) is 12.1 Å². The van der Waals surface area contributed by atoms with Gasteiger partial charge in [0.25, 0.3) is 0 Å². The molecule has 0 aliphatic carbocycles. The van der Waals surface area contributed by atoms with Crippen LogP contribution >= 0.6 is 0 Å². The Bertz CT molecular complexity index is 609. The van der Waals surface area contributed by atoms with Crippen LogP contribution in [0, 0.1) is 0 Å². The van der Waals surface area contributed by atoms with Crippen molar-refractivity contribution in [1.82, 2.24) is 10.6 Å². The second kappa shape index (κ2) is 9.02. The van der Waals surface area contributed by atoms with Gasteiger partial charge < -0.3 is 25.0 Å². The van der Waals surface area contributed by atoms with Gasteiger partial charge in [-0.1, -0.05) is 12.1 Å². The fourth-order valence-corrected chi connectivity index (χ4v) is 3.41. The average Bonchev–Trinajstić information content (AvgIpc) is 3.30. The zero-order valence-corrected chi connectivity index (χ0v) is 15.0. The number of benzene rings is 1. The van der Waals surface area contributed by atoms with Crippen LogP contribution in [0.2, 0.25) is 0 Å². The zero-order valence-electron chi connectivity index (χ0n) is 15.0. The van der Waals surface area contributed by atoms with E-state index in [9.17, 15) is 8.78 Å². The number of para-hydroxylation sites is 2. The quantitative estimate of drug-likeness (QED) is 0.596. The molecule has 2 aliphatic rings. The highest BCUT2D eigenvalue weighted by atomic mass is 19.3. The molecule has 1 aromatic rings. The molecular formula is C18H26F2N4O2. The molecular weight excluding hydrogens is 342 g/mol. The number of halogens is 2. The minimum Gasteiger partial charge on any atom is -0.433 e. The molecule has 26 heavy (non-hydrogen) atoms. The molecule has 3 rings (SSSR count). The molecule has 144 valence electrons. The van der Waals surface area contributed by atoms with Gasteiger partial charge in [-0.25, -0.2) is 0 Å². The summed E-state index contributed by atoms with van der Waals surface area (Å²) >= 11 is 0. The van der Waals surface area contributed by atoms with Crippen LogP contribution in [0.25, 0.3) is 0 Å². The monoisotopic (exact) mass is 368 g/mol. The molecule has 6 nitrogen and oxygen atoms in total. The standard InChI is InChI=1S/C18H26F2N4O2/c1-21-18(22-11-14-5-4-10-25-14)23-13-8-9-24(12-13)15-6-2-3-7-16(15)26-17(19)20/h2-3,6-7,13-14,17H,4-5,8-12H2,1H3,(H2,21,22,23). The Kier molecular flexibility index (Phi) is 6.49. The van der Waals surface area contributed by atoms with Gasteiger partial charge in [-0.15, -0.1) is 0 Å². The number of hydrogen-bond acceptors (Lipinski definition) is 4. The van der Waals surface area contributed by atoms with Gasteiger partial charge >= 0.3 is 6.61 Å². The third-order valence-corrected chi connectivity index (χ3v) is 4.70. The minimum atomic E-state index is -2.83. The van der Waals surface area contributed by atoms with Crippen molar-refractivity contribution in [3.05, 3.63) is 24.3 Å². The molecule has 0 aromatic heterocycles. The molecule has 0 bridgehead atoms. The molecule has 2 aliphatic heterocycles. The van der Waals surface area contributed by atoms with Crippen molar-refractivity contribution in [2.45, 2.75) is 38.0 Å². The van der Waals surface area contributed by atoms with Gasteiger partial charge in [0.05, 0.1) is 11.8 Å². The molecule has 8 heteroatoms. The average molecular weight is 368 g/mol. The van der Waals surface area contributed by atoms with Crippen LogP contribution in [0.4, 0.5) is 14.5 Å². The molecule has 2 heterocycles. The van der Waals surface area contributed by atoms with E-state index in [-0.39, 0.29) is 17.9 Å². The lowest BCUT2D eigenvalue weighted by Gasteiger charge is -2.23. The van der Waals surface area contributed by atoms with Gasteiger partial charge in [-0.3, -0.25) is 4.99 Å². The van der Waals surface area contributed by atoms with E-state index in [1.165, 1.54) is 0 Å². The highest BCUT2D eigenvalue weighted by molar-refractivity contribution is 5.80. The topological polar surface area (TPSA) is 58.1 Å². The first-order chi connectivity index (χ1) is 12.7. The molecule has 0 amide bonds. The number of anilines is 1. The maximum atomic E-state index is 12.6. The van der Waals surface area contributed by atoms with Crippen LogP contribution in [0.15, 0.2) is 29.3 Å². The van der Waals surface area contributed by atoms with Gasteiger partial charge in [0.2, 0.25) is 0 Å². The maximum Gasteiger partial charge on any atom is 0.387 e. The number of guanidine groups is 1. The normalized spacial score (nSPS) is 23.5. The maximum absolute atomic E-state index is 12.6. The summed E-state index contributed by atoms with van der Waals surface area (Å²) in [5, 5.41) is 6.70. The number of hydrogen-bond donors (Lipinski definition) is 2. The fraction of sp³-hybridized carbons (Fsp3) is 0.611. The first kappa shape index (κ1) is 18.7. The lowest BCUT2D eigenvalue weighted by atomic mass is 10.2. The Hall–Kier alpha value is -2.09. The van der Waals surface area contributed by atoms with Crippen LogP contribution in [0.3, 0.4) is 0 Å². The van der Waals surface area contributed by atoms with Crippen LogP contribution in [0.5, 0.6) is 5.75 Å². The van der Waals surface area contributed by atoms with E-state index in [1.54, 1.807) is 19.2 Å². The highest BCUT2D eigenvalue weighted by Crippen LogP contribution is 2.31. The summed E-state index contributed by atoms with van der Waals surface area (Å²) in [6, 6.07) is 7.10. The Balaban J connectivity index is 1.53. The Morgan fingerprint density at radius 1 is 1.38 bits per heavy atom. The molecule has 0 spiro atoms. The summed E-state index contributed by atoms with van der Waals surface area (Å²) in [4.78, 5) is 6.32. The third kappa shape index (κ3) is 4.97. The second-order valence-corrected chi connectivity index (χ2v) is 6.51. The van der Waals surface area contributed by atoms with Crippen LogP contribution in [-0.2, 0) is 4.74 Å². The molecule has 2 atom stereocenters. The van der Waals surface area contributed by atoms with Crippen LogP contribution in [0.1, 0.15) is 19.3 Å². The summed E-state index contributed by atoms with van der Waals surface area (Å²) in [7, 11) is 1.74. The molecule has 2 N–H and O–H groups in total. The molecule has 0 saturated carbocycles. The summed E-state index contributed by atoms with van der Waals surface area (Å²) in [6.07, 6.45) is 3.31. The van der Waals surface area contributed by atoms with E-state index in [2.05, 4.69) is 25.3 Å². The molecule has 2 unspecified atom stereocenters. The number of nitrogens with zero attached hydrogens (tertiary/aromatic N) is 2. The first-order valence-electron chi connectivity index (χ1n) is 9.03. The van der Waals surface area contributed by atoms with Crippen molar-refractivity contribution < 1.29 is 18.3 Å². The second-order valence-electron chi connectivity index (χ2n) is 6.51. The van der Waals surface area contributed by atoms with Crippen LogP contribution in [-0.4, -0.2) is 58.0 Å². The van der Waals surface area contributed by atoms with Gasteiger partial charge in [0.15, 0.2) is 5.96 Å². The SMILES string of the molecule is CN=C(NCC1CCCO1)NC1CCN(c2ccccc2OC(F)F)C1. The van der Waals surface area contributed by atoms with Gasteiger partial charge in [0.1, 0.15) is 5.75 Å². The number of aliphatic imine (C=N–C) groups is 1. The summed E-state index contributed by atoms with van der Waals surface area (Å²) in [5.41, 5.74) is 0.694. The van der Waals surface area contributed by atoms with E-state index >= 15 is 0 Å². The number of alkyl halides is 2. The molecule has 0 radical (unpaired) electrons. The molecule has 1 aromatic carbocycles. The Labute approximate surface area is 152 Å². The van der Waals surface area contributed by atoms with Crippen molar-refractivity contribution in [3.63, 3.8) is 0 Å². The third-order valence-electron chi connectivity index (χ3n) is 4.70. The predicted molar refractivity (Wildman–Crippen MR) is 97.2 cm³/mol. The number of nitrogens with one attached hydrogen (secondary N) is 2. The lowest BCUT2D eigenvalue weighted by Crippen LogP contribution is -2.46. The van der Waals surface area contributed by atoms with Crippen molar-refractivity contribution in [2.75, 3.05) is 38.2 Å². The van der Waals surface area contributed by atoms with Gasteiger partial charge in [-0.2, -0.15) is 8.78 Å². The Morgan fingerprint density at radius 2 is 2.23 bits per heavy atom. The summed E-state index contributed by atoms with van der Waals surface area (Å²) in [5.74, 6) is 0.952. The van der Waals surface area contributed by atoms with E-state index < -0.39 is 6.61 Å². The van der Waals surface area contributed by atoms with Crippen LogP contribution < -0.4 is 20.3 Å². The number of ether oxygens (including phenoxy) is 2. The van der Waals surface area contributed by atoms with Crippen molar-refractivity contribution in [1.29, 1.82) is 0 Å².